The molecular weight excluding hydrogens is 226 g/mol. The topological polar surface area (TPSA) is 30.5 Å². The summed E-state index contributed by atoms with van der Waals surface area (Å²) < 4.78 is 12.2. The minimum Gasteiger partial charge on any atom is -0.376 e. The highest BCUT2D eigenvalue weighted by Gasteiger charge is 2.40. The van der Waals surface area contributed by atoms with Gasteiger partial charge in [0, 0.05) is 19.1 Å². The van der Waals surface area contributed by atoms with Gasteiger partial charge >= 0.3 is 0 Å². The Morgan fingerprint density at radius 3 is 2.78 bits per heavy atom. The van der Waals surface area contributed by atoms with Crippen LogP contribution < -0.4 is 5.32 Å². The average molecular weight is 253 g/mol. The van der Waals surface area contributed by atoms with Crippen molar-refractivity contribution in [2.75, 3.05) is 19.8 Å². The first kappa shape index (κ1) is 12.9. The van der Waals surface area contributed by atoms with E-state index in [2.05, 4.69) is 5.32 Å². The minimum atomic E-state index is 0.197. The van der Waals surface area contributed by atoms with Gasteiger partial charge in [0.25, 0.3) is 0 Å². The Balaban J connectivity index is 1.44. The summed E-state index contributed by atoms with van der Waals surface area (Å²) in [6.07, 6.45) is 11.9. The Labute approximate surface area is 111 Å². The molecular formula is C15H27NO2. The van der Waals surface area contributed by atoms with Crippen molar-refractivity contribution in [3.63, 3.8) is 0 Å². The number of hydrogen-bond acceptors (Lipinski definition) is 3. The summed E-state index contributed by atoms with van der Waals surface area (Å²) in [5, 5.41) is 3.56. The van der Waals surface area contributed by atoms with Crippen LogP contribution in [0.4, 0.5) is 0 Å². The molecule has 0 radical (unpaired) electrons. The maximum Gasteiger partial charge on any atom is 0.0707 e. The molecule has 2 unspecified atom stereocenters. The monoisotopic (exact) mass is 253 g/mol. The smallest absolute Gasteiger partial charge is 0.0707 e. The van der Waals surface area contributed by atoms with E-state index in [9.17, 15) is 0 Å². The molecule has 1 saturated carbocycles. The zero-order valence-corrected chi connectivity index (χ0v) is 11.5. The van der Waals surface area contributed by atoms with E-state index < -0.39 is 0 Å². The van der Waals surface area contributed by atoms with E-state index in [1.807, 2.05) is 0 Å². The third kappa shape index (κ3) is 3.06. The Morgan fingerprint density at radius 1 is 1.11 bits per heavy atom. The highest BCUT2D eigenvalue weighted by molar-refractivity contribution is 4.91. The van der Waals surface area contributed by atoms with E-state index in [0.717, 1.165) is 26.1 Å². The van der Waals surface area contributed by atoms with Crippen LogP contribution in [0.3, 0.4) is 0 Å². The lowest BCUT2D eigenvalue weighted by molar-refractivity contribution is -0.132. The van der Waals surface area contributed by atoms with Crippen molar-refractivity contribution in [2.45, 2.75) is 75.5 Å². The summed E-state index contributed by atoms with van der Waals surface area (Å²) in [7, 11) is 0. The summed E-state index contributed by atoms with van der Waals surface area (Å²) in [6.45, 7) is 2.98. The molecule has 0 aromatic carbocycles. The molecule has 3 fully saturated rings. The molecule has 2 saturated heterocycles. The molecule has 0 amide bonds. The fourth-order valence-corrected chi connectivity index (χ4v) is 3.81. The molecule has 2 atom stereocenters. The molecule has 1 aliphatic carbocycles. The van der Waals surface area contributed by atoms with Crippen molar-refractivity contribution >= 4 is 0 Å². The number of rotatable bonds is 3. The third-order valence-corrected chi connectivity index (χ3v) is 4.91. The van der Waals surface area contributed by atoms with Crippen LogP contribution in [-0.2, 0) is 9.47 Å². The minimum absolute atomic E-state index is 0.197. The predicted octanol–water partition coefficient (Wildman–Crippen LogP) is 2.64. The summed E-state index contributed by atoms with van der Waals surface area (Å²) >= 11 is 0. The second-order valence-corrected chi connectivity index (χ2v) is 6.33. The van der Waals surface area contributed by atoms with Gasteiger partial charge in [0.1, 0.15) is 0 Å². The average Bonchev–Trinajstić information content (AvgIpc) is 2.86. The van der Waals surface area contributed by atoms with Crippen LogP contribution in [0.2, 0.25) is 0 Å². The van der Waals surface area contributed by atoms with Gasteiger partial charge in [0.05, 0.1) is 18.3 Å². The van der Waals surface area contributed by atoms with Gasteiger partial charge in [-0.3, -0.25) is 0 Å². The first-order valence-corrected chi connectivity index (χ1v) is 7.85. The highest BCUT2D eigenvalue weighted by atomic mass is 16.5. The lowest BCUT2D eigenvalue weighted by Gasteiger charge is -2.38. The molecule has 1 N–H and O–H groups in total. The van der Waals surface area contributed by atoms with E-state index in [0.29, 0.717) is 12.1 Å². The molecule has 3 aliphatic rings. The Hall–Kier alpha value is -0.120. The zero-order chi connectivity index (χ0) is 12.3. The second-order valence-electron chi connectivity index (χ2n) is 6.33. The van der Waals surface area contributed by atoms with Crippen molar-refractivity contribution < 1.29 is 9.47 Å². The van der Waals surface area contributed by atoms with Gasteiger partial charge in [-0.2, -0.15) is 0 Å². The van der Waals surface area contributed by atoms with Gasteiger partial charge in [-0.15, -0.1) is 0 Å². The van der Waals surface area contributed by atoms with E-state index in [1.54, 1.807) is 0 Å². The van der Waals surface area contributed by atoms with E-state index in [-0.39, 0.29) is 5.60 Å². The van der Waals surface area contributed by atoms with Gasteiger partial charge < -0.3 is 14.8 Å². The fourth-order valence-electron chi connectivity index (χ4n) is 3.81. The zero-order valence-electron chi connectivity index (χ0n) is 11.5. The molecule has 0 aromatic heterocycles. The first-order valence-electron chi connectivity index (χ1n) is 7.85. The number of piperidine rings is 1. The van der Waals surface area contributed by atoms with Gasteiger partial charge in [0.15, 0.2) is 0 Å². The first-order chi connectivity index (χ1) is 8.86. The Morgan fingerprint density at radius 2 is 2.00 bits per heavy atom. The van der Waals surface area contributed by atoms with Crippen molar-refractivity contribution in [3.05, 3.63) is 0 Å². The molecule has 18 heavy (non-hydrogen) atoms. The van der Waals surface area contributed by atoms with Crippen LogP contribution >= 0.6 is 0 Å². The Kier molecular flexibility index (Phi) is 4.22. The number of ether oxygens (including phenoxy) is 2. The molecule has 1 spiro atoms. The Bertz CT molecular complexity index is 257. The van der Waals surface area contributed by atoms with E-state index in [4.69, 9.17) is 9.47 Å². The lowest BCUT2D eigenvalue weighted by atomic mass is 9.90. The van der Waals surface area contributed by atoms with E-state index >= 15 is 0 Å². The molecule has 0 bridgehead atoms. The number of hydrogen-bond donors (Lipinski definition) is 1. The van der Waals surface area contributed by atoms with E-state index in [1.165, 1.54) is 51.5 Å². The molecule has 2 heterocycles. The normalized spacial score (nSPS) is 36.0. The largest absolute Gasteiger partial charge is 0.376 e. The van der Waals surface area contributed by atoms with Gasteiger partial charge in [-0.1, -0.05) is 19.3 Å². The maximum absolute atomic E-state index is 6.17. The van der Waals surface area contributed by atoms with Crippen LogP contribution in [-0.4, -0.2) is 37.5 Å². The quantitative estimate of drug-likeness (QED) is 0.838. The molecule has 3 nitrogen and oxygen atoms in total. The van der Waals surface area contributed by atoms with Crippen LogP contribution in [0.1, 0.15) is 57.8 Å². The van der Waals surface area contributed by atoms with Crippen LogP contribution in [0.25, 0.3) is 0 Å². The van der Waals surface area contributed by atoms with Crippen LogP contribution in [0.15, 0.2) is 0 Å². The van der Waals surface area contributed by atoms with Gasteiger partial charge in [0.2, 0.25) is 0 Å². The molecule has 2 aliphatic heterocycles. The standard InChI is InChI=1S/C15H27NO2/c1-4-9-16-13(5-1)12-17-14-6-10-18-15(11-14)7-2-3-8-15/h13-14,16H,1-12H2. The summed E-state index contributed by atoms with van der Waals surface area (Å²) in [5.41, 5.74) is 0.197. The fraction of sp³-hybridized carbons (Fsp3) is 1.00. The lowest BCUT2D eigenvalue weighted by Crippen LogP contribution is -2.43. The third-order valence-electron chi connectivity index (χ3n) is 4.91. The molecule has 104 valence electrons. The van der Waals surface area contributed by atoms with Crippen molar-refractivity contribution in [1.82, 2.24) is 5.32 Å². The van der Waals surface area contributed by atoms with Gasteiger partial charge in [-0.05, 0) is 38.6 Å². The predicted molar refractivity (Wildman–Crippen MR) is 71.8 cm³/mol. The second kappa shape index (κ2) is 5.89. The summed E-state index contributed by atoms with van der Waals surface area (Å²) in [5.74, 6) is 0. The van der Waals surface area contributed by atoms with Crippen molar-refractivity contribution in [1.29, 1.82) is 0 Å². The maximum atomic E-state index is 6.17. The summed E-state index contributed by atoms with van der Waals surface area (Å²) in [4.78, 5) is 0. The van der Waals surface area contributed by atoms with Crippen LogP contribution in [0, 0.1) is 0 Å². The summed E-state index contributed by atoms with van der Waals surface area (Å²) in [6, 6.07) is 0.598. The van der Waals surface area contributed by atoms with Gasteiger partial charge in [-0.25, -0.2) is 0 Å². The van der Waals surface area contributed by atoms with Crippen LogP contribution in [0.5, 0.6) is 0 Å². The molecule has 3 rings (SSSR count). The van der Waals surface area contributed by atoms with Crippen molar-refractivity contribution in [2.24, 2.45) is 0 Å². The van der Waals surface area contributed by atoms with Crippen molar-refractivity contribution in [3.8, 4) is 0 Å². The number of nitrogens with one attached hydrogen (secondary N) is 1. The molecule has 3 heteroatoms. The SMILES string of the molecule is C1CCC(COC2CCOC3(CCCC3)C2)NC1. The molecule has 0 aromatic rings. The highest BCUT2D eigenvalue weighted by Crippen LogP contribution is 2.40.